The Bertz CT molecular complexity index is 982. The first-order chi connectivity index (χ1) is 15.5. The van der Waals surface area contributed by atoms with Crippen LogP contribution in [0.3, 0.4) is 0 Å². The molecule has 8 nitrogen and oxygen atoms in total. The molecule has 4 rings (SSSR count). The molecular formula is C20H22F5N3O5. The third-order valence-corrected chi connectivity index (χ3v) is 5.55. The molecule has 182 valence electrons. The van der Waals surface area contributed by atoms with E-state index in [1.165, 1.54) is 17.0 Å². The Morgan fingerprint density at radius 2 is 1.88 bits per heavy atom. The molecule has 33 heavy (non-hydrogen) atoms. The van der Waals surface area contributed by atoms with Crippen LogP contribution in [0.4, 0.5) is 22.0 Å². The molecule has 0 aromatic carbocycles. The van der Waals surface area contributed by atoms with Crippen LogP contribution in [0.15, 0.2) is 24.5 Å². The van der Waals surface area contributed by atoms with Gasteiger partial charge in [0, 0.05) is 42.7 Å². The van der Waals surface area contributed by atoms with Crippen LogP contribution in [0.5, 0.6) is 0 Å². The number of carbonyl (C=O) groups is 2. The van der Waals surface area contributed by atoms with E-state index in [1.54, 1.807) is 12.1 Å². The predicted molar refractivity (Wildman–Crippen MR) is 104 cm³/mol. The number of aromatic nitrogens is 2. The van der Waals surface area contributed by atoms with E-state index in [2.05, 4.69) is 16.9 Å². The van der Waals surface area contributed by atoms with Gasteiger partial charge in [-0.2, -0.15) is 13.2 Å². The summed E-state index contributed by atoms with van der Waals surface area (Å²) in [6, 6.07) is 3.87. The molecule has 2 aliphatic rings. The molecule has 2 aromatic heterocycles. The molecule has 4 heterocycles. The van der Waals surface area contributed by atoms with Crippen LogP contribution in [0.2, 0.25) is 0 Å². The number of nitrogens with zero attached hydrogens (tertiary/aromatic N) is 3. The summed E-state index contributed by atoms with van der Waals surface area (Å²) in [7, 11) is 2.07. The van der Waals surface area contributed by atoms with Crippen molar-refractivity contribution in [2.45, 2.75) is 50.2 Å². The molecule has 3 atom stereocenters. The molecule has 0 spiro atoms. The van der Waals surface area contributed by atoms with Crippen molar-refractivity contribution in [1.29, 1.82) is 0 Å². The zero-order valence-corrected chi connectivity index (χ0v) is 17.5. The molecule has 2 bridgehead atoms. The molecule has 1 unspecified atom stereocenters. The minimum atomic E-state index is -5.08. The van der Waals surface area contributed by atoms with E-state index in [9.17, 15) is 26.7 Å². The standard InChI is InChI=1S/C18H21F2N3O3.C2HF3O2/c1-22-11-5-13(6-12(22)10-25-9-11)26-18(24)15-7-23(8-16(19)20)17-14(15)3-2-4-21-17;3-2(4,5)1(6)7/h2-4,7,11-13,16H,5-6,8-10H2,1H3;(H,6,7)/t11-,12+,13?;. The number of carboxylic acids is 1. The molecule has 2 fully saturated rings. The van der Waals surface area contributed by atoms with Crippen LogP contribution in [0, 0.1) is 0 Å². The number of halogens is 5. The maximum Gasteiger partial charge on any atom is 0.490 e. The number of carboxylic acid groups (broad SMARTS) is 1. The van der Waals surface area contributed by atoms with Gasteiger partial charge in [-0.3, -0.25) is 4.90 Å². The van der Waals surface area contributed by atoms with E-state index in [1.807, 2.05) is 0 Å². The molecular weight excluding hydrogens is 457 g/mol. The minimum absolute atomic E-state index is 0.192. The molecule has 0 radical (unpaired) electrons. The molecule has 2 aromatic rings. The van der Waals surface area contributed by atoms with Gasteiger partial charge in [-0.05, 0) is 19.2 Å². The summed E-state index contributed by atoms with van der Waals surface area (Å²) in [5.74, 6) is -3.24. The van der Waals surface area contributed by atoms with Crippen molar-refractivity contribution in [1.82, 2.24) is 14.5 Å². The fourth-order valence-electron chi connectivity index (χ4n) is 3.93. The SMILES string of the molecule is CN1[C@@H]2COC[C@H]1CC(OC(=O)c1cn(CC(F)F)c3ncccc13)C2.O=C(O)C(F)(F)F. The number of rotatable bonds is 4. The number of esters is 1. The quantitative estimate of drug-likeness (QED) is 0.532. The van der Waals surface area contributed by atoms with Gasteiger partial charge in [0.1, 0.15) is 11.8 Å². The van der Waals surface area contributed by atoms with Gasteiger partial charge in [-0.15, -0.1) is 0 Å². The highest BCUT2D eigenvalue weighted by Gasteiger charge is 2.39. The Balaban J connectivity index is 0.000000383. The second-order valence-electron chi connectivity index (χ2n) is 7.77. The fourth-order valence-corrected chi connectivity index (χ4v) is 3.93. The van der Waals surface area contributed by atoms with Crippen LogP contribution in [-0.2, 0) is 20.8 Å². The number of ether oxygens (including phenoxy) is 2. The van der Waals surface area contributed by atoms with Crippen LogP contribution >= 0.6 is 0 Å². The number of piperidine rings is 1. The first-order valence-corrected chi connectivity index (χ1v) is 10.00. The Morgan fingerprint density at radius 1 is 1.27 bits per heavy atom. The van der Waals surface area contributed by atoms with E-state index in [4.69, 9.17) is 19.4 Å². The summed E-state index contributed by atoms with van der Waals surface area (Å²) >= 11 is 0. The van der Waals surface area contributed by atoms with Crippen molar-refractivity contribution < 1.29 is 46.1 Å². The Kier molecular flexibility index (Phi) is 7.52. The van der Waals surface area contributed by atoms with Crippen molar-refractivity contribution in [2.24, 2.45) is 0 Å². The largest absolute Gasteiger partial charge is 0.490 e. The zero-order chi connectivity index (χ0) is 24.3. The minimum Gasteiger partial charge on any atom is -0.475 e. The number of likely N-dealkylation sites (N-methyl/N-ethyl adjacent to an activating group) is 1. The van der Waals surface area contributed by atoms with Crippen molar-refractivity contribution in [3.63, 3.8) is 0 Å². The summed E-state index contributed by atoms with van der Waals surface area (Å²) < 4.78 is 70.0. The number of pyridine rings is 1. The number of fused-ring (bicyclic) bond motifs is 3. The normalized spacial score (nSPS) is 23.2. The topological polar surface area (TPSA) is 93.9 Å². The maximum absolute atomic E-state index is 12.8. The number of hydrogen-bond donors (Lipinski definition) is 1. The van der Waals surface area contributed by atoms with Crippen molar-refractivity contribution in [3.8, 4) is 0 Å². The van der Waals surface area contributed by atoms with Crippen LogP contribution in [-0.4, -0.2) is 82.5 Å². The average Bonchev–Trinajstić information content (AvgIpc) is 3.07. The monoisotopic (exact) mass is 479 g/mol. The molecule has 0 amide bonds. The zero-order valence-electron chi connectivity index (χ0n) is 17.5. The van der Waals surface area contributed by atoms with E-state index >= 15 is 0 Å². The molecule has 0 saturated carbocycles. The second-order valence-corrected chi connectivity index (χ2v) is 7.77. The van der Waals surface area contributed by atoms with Gasteiger partial charge in [-0.25, -0.2) is 23.4 Å². The summed E-state index contributed by atoms with van der Waals surface area (Å²) in [5.41, 5.74) is 0.655. The van der Waals surface area contributed by atoms with Crippen LogP contribution in [0.1, 0.15) is 23.2 Å². The lowest BCUT2D eigenvalue weighted by molar-refractivity contribution is -0.192. The summed E-state index contributed by atoms with van der Waals surface area (Å²) in [6.07, 6.45) is -3.42. The van der Waals surface area contributed by atoms with Crippen molar-refractivity contribution >= 4 is 23.0 Å². The maximum atomic E-state index is 12.8. The van der Waals surface area contributed by atoms with Crippen LogP contribution in [0.25, 0.3) is 11.0 Å². The number of aliphatic carboxylic acids is 1. The highest BCUT2D eigenvalue weighted by Crippen LogP contribution is 2.29. The Morgan fingerprint density at radius 3 is 2.42 bits per heavy atom. The number of morpholine rings is 1. The fraction of sp³-hybridized carbons (Fsp3) is 0.550. The lowest BCUT2D eigenvalue weighted by atomic mass is 9.92. The smallest absolute Gasteiger partial charge is 0.475 e. The van der Waals surface area contributed by atoms with Gasteiger partial charge in [0.05, 0.1) is 25.3 Å². The molecule has 1 N–H and O–H groups in total. The van der Waals surface area contributed by atoms with E-state index < -0.39 is 31.1 Å². The summed E-state index contributed by atoms with van der Waals surface area (Å²) in [4.78, 5) is 28.1. The van der Waals surface area contributed by atoms with Crippen LogP contribution < -0.4 is 0 Å². The second kappa shape index (κ2) is 10.00. The van der Waals surface area contributed by atoms with E-state index in [0.717, 1.165) is 0 Å². The molecule has 2 saturated heterocycles. The number of hydrogen-bond acceptors (Lipinski definition) is 6. The third-order valence-electron chi connectivity index (χ3n) is 5.55. The van der Waals surface area contributed by atoms with E-state index in [-0.39, 0.29) is 23.8 Å². The molecule has 13 heteroatoms. The number of carbonyl (C=O) groups excluding carboxylic acids is 1. The molecule has 2 aliphatic heterocycles. The molecule has 0 aliphatic carbocycles. The lowest BCUT2D eigenvalue weighted by Crippen LogP contribution is -2.56. The Labute approximate surface area is 184 Å². The van der Waals surface area contributed by atoms with Gasteiger partial charge in [0.2, 0.25) is 0 Å². The summed E-state index contributed by atoms with van der Waals surface area (Å²) in [5, 5.41) is 7.66. The highest BCUT2D eigenvalue weighted by molar-refractivity contribution is 6.03. The van der Waals surface area contributed by atoms with Crippen molar-refractivity contribution in [3.05, 3.63) is 30.1 Å². The van der Waals surface area contributed by atoms with Gasteiger partial charge >= 0.3 is 18.1 Å². The van der Waals surface area contributed by atoms with E-state index in [0.29, 0.717) is 37.1 Å². The first-order valence-electron chi connectivity index (χ1n) is 10.00. The van der Waals surface area contributed by atoms with Gasteiger partial charge in [-0.1, -0.05) is 0 Å². The van der Waals surface area contributed by atoms with Gasteiger partial charge in [0.25, 0.3) is 6.43 Å². The third kappa shape index (κ3) is 5.96. The first kappa shape index (κ1) is 24.8. The highest BCUT2D eigenvalue weighted by atomic mass is 19.4. The predicted octanol–water partition coefficient (Wildman–Crippen LogP) is 2.95. The summed E-state index contributed by atoms with van der Waals surface area (Å²) in [6.45, 7) is 0.772. The number of alkyl halides is 5. The van der Waals surface area contributed by atoms with Gasteiger partial charge in [0.15, 0.2) is 0 Å². The Hall–Kier alpha value is -2.80. The van der Waals surface area contributed by atoms with Gasteiger partial charge < -0.3 is 19.1 Å². The lowest BCUT2D eigenvalue weighted by Gasteiger charge is -2.46. The average molecular weight is 479 g/mol. The van der Waals surface area contributed by atoms with Crippen molar-refractivity contribution in [2.75, 3.05) is 20.3 Å².